The molecule has 15 heavy (non-hydrogen) atoms. The molecular formula is C9H4ClF2NO2. The number of aromatic nitrogens is 1. The molecule has 0 radical (unpaired) electrons. The molecule has 0 unspecified atom stereocenters. The van der Waals surface area contributed by atoms with Crippen LogP contribution in [0.15, 0.2) is 16.9 Å². The summed E-state index contributed by atoms with van der Waals surface area (Å²) in [5.41, 5.74) is -0.954. The van der Waals surface area contributed by atoms with Crippen LogP contribution in [0, 0.1) is 11.6 Å². The van der Waals surface area contributed by atoms with Crippen LogP contribution in [-0.2, 0) is 0 Å². The zero-order chi connectivity index (χ0) is 11.2. The van der Waals surface area contributed by atoms with Crippen molar-refractivity contribution in [2.24, 2.45) is 0 Å². The number of pyridine rings is 1. The molecule has 1 aromatic carbocycles. The van der Waals surface area contributed by atoms with Crippen molar-refractivity contribution in [1.29, 1.82) is 0 Å². The van der Waals surface area contributed by atoms with E-state index in [9.17, 15) is 13.6 Å². The monoisotopic (exact) mass is 231 g/mol. The summed E-state index contributed by atoms with van der Waals surface area (Å²) in [7, 11) is 0. The maximum atomic E-state index is 13.4. The minimum atomic E-state index is -1.22. The second-order valence-corrected chi connectivity index (χ2v) is 3.28. The summed E-state index contributed by atoms with van der Waals surface area (Å²) in [6.07, 6.45) is 0. The molecule has 0 saturated heterocycles. The Morgan fingerprint density at radius 1 is 1.33 bits per heavy atom. The van der Waals surface area contributed by atoms with Crippen LogP contribution in [0.25, 0.3) is 10.9 Å². The van der Waals surface area contributed by atoms with Crippen LogP contribution in [0.4, 0.5) is 8.78 Å². The first-order valence-corrected chi connectivity index (χ1v) is 4.28. The molecule has 0 aliphatic heterocycles. The lowest BCUT2D eigenvalue weighted by molar-refractivity contribution is 0.428. The number of H-pyrrole nitrogens is 1. The second-order valence-electron chi connectivity index (χ2n) is 2.90. The van der Waals surface area contributed by atoms with E-state index in [0.29, 0.717) is 0 Å². The number of rotatable bonds is 0. The average Bonchev–Trinajstić information content (AvgIpc) is 2.20. The predicted octanol–water partition coefficient (Wildman–Crippen LogP) is 2.17. The van der Waals surface area contributed by atoms with Crippen LogP contribution < -0.4 is 5.56 Å². The molecule has 0 atom stereocenters. The molecule has 1 heterocycles. The first-order chi connectivity index (χ1) is 7.02. The zero-order valence-electron chi connectivity index (χ0n) is 7.14. The molecule has 2 rings (SSSR count). The Morgan fingerprint density at radius 2 is 2.00 bits per heavy atom. The molecule has 0 spiro atoms. The molecule has 1 aromatic heterocycles. The number of aromatic amines is 1. The lowest BCUT2D eigenvalue weighted by atomic mass is 10.2. The number of hydrogen-bond donors (Lipinski definition) is 2. The number of fused-ring (bicyclic) bond motifs is 1. The molecule has 0 aliphatic rings. The van der Waals surface area contributed by atoms with Crippen LogP contribution in [0.5, 0.6) is 5.75 Å². The summed E-state index contributed by atoms with van der Waals surface area (Å²) in [5, 5.41) is 8.21. The highest BCUT2D eigenvalue weighted by atomic mass is 35.5. The summed E-state index contributed by atoms with van der Waals surface area (Å²) >= 11 is 5.51. The van der Waals surface area contributed by atoms with Gasteiger partial charge in [0.15, 0.2) is 5.82 Å². The highest BCUT2D eigenvalue weighted by Gasteiger charge is 2.16. The molecule has 0 fully saturated rings. The van der Waals surface area contributed by atoms with Crippen LogP contribution in [-0.4, -0.2) is 10.1 Å². The number of aromatic hydroxyl groups is 1. The third-order valence-corrected chi connectivity index (χ3v) is 2.36. The van der Waals surface area contributed by atoms with E-state index >= 15 is 0 Å². The quantitative estimate of drug-likeness (QED) is 0.730. The van der Waals surface area contributed by atoms with Gasteiger partial charge in [-0.2, -0.15) is 0 Å². The van der Waals surface area contributed by atoms with Crippen LogP contribution >= 0.6 is 11.6 Å². The van der Waals surface area contributed by atoms with Gasteiger partial charge in [-0.3, -0.25) is 4.79 Å². The number of benzene rings is 1. The lowest BCUT2D eigenvalue weighted by Gasteiger charge is -2.03. The topological polar surface area (TPSA) is 53.1 Å². The molecule has 0 amide bonds. The molecule has 6 heteroatoms. The Hall–Kier alpha value is -1.62. The van der Waals surface area contributed by atoms with Crippen LogP contribution in [0.2, 0.25) is 5.02 Å². The summed E-state index contributed by atoms with van der Waals surface area (Å²) in [4.78, 5) is 13.1. The van der Waals surface area contributed by atoms with Crippen molar-refractivity contribution in [3.05, 3.63) is 39.1 Å². The van der Waals surface area contributed by atoms with Crippen molar-refractivity contribution in [2.45, 2.75) is 0 Å². The fourth-order valence-electron chi connectivity index (χ4n) is 1.27. The molecule has 0 saturated carbocycles. The van der Waals surface area contributed by atoms with Crippen molar-refractivity contribution < 1.29 is 13.9 Å². The molecule has 0 bridgehead atoms. The van der Waals surface area contributed by atoms with E-state index in [1.165, 1.54) is 6.07 Å². The number of hydrogen-bond acceptors (Lipinski definition) is 2. The van der Waals surface area contributed by atoms with Gasteiger partial charge in [-0.1, -0.05) is 11.6 Å². The summed E-state index contributed by atoms with van der Waals surface area (Å²) in [6, 6.07) is 2.16. The lowest BCUT2D eigenvalue weighted by Crippen LogP contribution is -2.07. The highest BCUT2D eigenvalue weighted by Crippen LogP contribution is 2.29. The Balaban J connectivity index is 3.07. The average molecular weight is 232 g/mol. The fourth-order valence-corrected chi connectivity index (χ4v) is 1.52. The van der Waals surface area contributed by atoms with Gasteiger partial charge in [0.25, 0.3) is 5.56 Å². The van der Waals surface area contributed by atoms with Gasteiger partial charge in [0.2, 0.25) is 5.75 Å². The van der Waals surface area contributed by atoms with Crippen LogP contribution in [0.1, 0.15) is 0 Å². The SMILES string of the molecule is O=c1[nH]c2ccc(F)c(Cl)c2c(F)c1O. The Bertz CT molecular complexity index is 609. The van der Waals surface area contributed by atoms with Crippen molar-refractivity contribution in [1.82, 2.24) is 4.98 Å². The third kappa shape index (κ3) is 1.35. The highest BCUT2D eigenvalue weighted by molar-refractivity contribution is 6.35. The maximum Gasteiger partial charge on any atom is 0.293 e. The minimum Gasteiger partial charge on any atom is -0.501 e. The van der Waals surface area contributed by atoms with E-state index < -0.39 is 28.0 Å². The largest absolute Gasteiger partial charge is 0.501 e. The first-order valence-electron chi connectivity index (χ1n) is 3.91. The summed E-state index contributed by atoms with van der Waals surface area (Å²) in [5.74, 6) is -3.15. The van der Waals surface area contributed by atoms with Gasteiger partial charge in [0, 0.05) is 0 Å². The Morgan fingerprint density at radius 3 is 2.67 bits per heavy atom. The molecular weight excluding hydrogens is 228 g/mol. The van der Waals surface area contributed by atoms with E-state index in [1.807, 2.05) is 0 Å². The van der Waals surface area contributed by atoms with Crippen molar-refractivity contribution in [3.63, 3.8) is 0 Å². The van der Waals surface area contributed by atoms with Gasteiger partial charge in [-0.15, -0.1) is 0 Å². The van der Waals surface area contributed by atoms with Crippen LogP contribution in [0.3, 0.4) is 0 Å². The van der Waals surface area contributed by atoms with Gasteiger partial charge < -0.3 is 10.1 Å². The van der Waals surface area contributed by atoms with Gasteiger partial charge in [-0.25, -0.2) is 8.78 Å². The number of nitrogens with one attached hydrogen (secondary N) is 1. The maximum absolute atomic E-state index is 13.4. The summed E-state index contributed by atoms with van der Waals surface area (Å²) < 4.78 is 26.4. The van der Waals surface area contributed by atoms with Gasteiger partial charge >= 0.3 is 0 Å². The summed E-state index contributed by atoms with van der Waals surface area (Å²) in [6.45, 7) is 0. The van der Waals surface area contributed by atoms with Gasteiger partial charge in [-0.05, 0) is 12.1 Å². The fraction of sp³-hybridized carbons (Fsp3) is 0. The zero-order valence-corrected chi connectivity index (χ0v) is 7.90. The van der Waals surface area contributed by atoms with Gasteiger partial charge in [0.1, 0.15) is 5.82 Å². The van der Waals surface area contributed by atoms with E-state index in [-0.39, 0.29) is 10.9 Å². The molecule has 0 aliphatic carbocycles. The number of halogens is 3. The molecule has 78 valence electrons. The van der Waals surface area contributed by atoms with Gasteiger partial charge in [0.05, 0.1) is 15.9 Å². The molecule has 2 aromatic rings. The molecule has 3 nitrogen and oxygen atoms in total. The second kappa shape index (κ2) is 3.20. The standard InChI is InChI=1S/C9H4ClF2NO2/c10-6-3(11)1-2-4-5(6)7(12)8(14)9(15)13-4/h1-2,14H,(H,13,15). The molecule has 2 N–H and O–H groups in total. The smallest absolute Gasteiger partial charge is 0.293 e. The minimum absolute atomic E-state index is 0.0294. The van der Waals surface area contributed by atoms with E-state index in [2.05, 4.69) is 4.98 Å². The van der Waals surface area contributed by atoms with E-state index in [1.54, 1.807) is 0 Å². The Labute approximate surface area is 86.9 Å². The van der Waals surface area contributed by atoms with E-state index in [4.69, 9.17) is 16.7 Å². The Kier molecular flexibility index (Phi) is 2.12. The predicted molar refractivity (Wildman–Crippen MR) is 51.2 cm³/mol. The van der Waals surface area contributed by atoms with Crippen molar-refractivity contribution in [2.75, 3.05) is 0 Å². The van der Waals surface area contributed by atoms with Crippen molar-refractivity contribution in [3.8, 4) is 5.75 Å². The third-order valence-electron chi connectivity index (χ3n) is 1.99. The van der Waals surface area contributed by atoms with E-state index in [0.717, 1.165) is 6.07 Å². The first kappa shape index (κ1) is 9.92. The van der Waals surface area contributed by atoms with Crippen molar-refractivity contribution >= 4 is 22.5 Å². The normalized spacial score (nSPS) is 10.9.